The summed E-state index contributed by atoms with van der Waals surface area (Å²) in [6, 6.07) is 11.1. The number of rotatable bonds is 4. The van der Waals surface area contributed by atoms with Gasteiger partial charge in [0.25, 0.3) is 0 Å². The van der Waals surface area contributed by atoms with Gasteiger partial charge in [-0.1, -0.05) is 28.1 Å². The van der Waals surface area contributed by atoms with Crippen molar-refractivity contribution in [1.82, 2.24) is 10.2 Å². The Labute approximate surface area is 131 Å². The van der Waals surface area contributed by atoms with Crippen LogP contribution in [0.15, 0.2) is 28.7 Å². The second kappa shape index (κ2) is 6.17. The molecule has 2 heterocycles. The largest absolute Gasteiger partial charge is 0.316 e. The van der Waals surface area contributed by atoms with E-state index in [9.17, 15) is 0 Å². The molecule has 3 rings (SSSR count). The molecule has 2 fully saturated rings. The third-order valence-electron chi connectivity index (χ3n) is 5.44. The van der Waals surface area contributed by atoms with Crippen LogP contribution in [0.5, 0.6) is 0 Å². The Morgan fingerprint density at radius 3 is 2.35 bits per heavy atom. The molecule has 0 radical (unpaired) electrons. The maximum atomic E-state index is 3.59. The molecule has 0 saturated carbocycles. The molecule has 1 aromatic rings. The van der Waals surface area contributed by atoms with Crippen molar-refractivity contribution in [1.29, 1.82) is 0 Å². The monoisotopic (exact) mass is 336 g/mol. The number of likely N-dealkylation sites (N-methyl/N-ethyl adjacent to an activating group) is 1. The summed E-state index contributed by atoms with van der Waals surface area (Å²) in [5.74, 6) is 0.831. The second-order valence-corrected chi connectivity index (χ2v) is 7.42. The van der Waals surface area contributed by atoms with E-state index in [0.29, 0.717) is 6.04 Å². The minimum atomic E-state index is 0.618. The molecule has 3 atom stereocenters. The normalized spacial score (nSPS) is 31.4. The van der Waals surface area contributed by atoms with Gasteiger partial charge in [0.1, 0.15) is 0 Å². The zero-order chi connectivity index (χ0) is 14.1. The van der Waals surface area contributed by atoms with E-state index in [1.807, 2.05) is 0 Å². The summed E-state index contributed by atoms with van der Waals surface area (Å²) in [7, 11) is 4.45. The number of fused-ring (bicyclic) bond motifs is 2. The Kier molecular flexibility index (Phi) is 4.49. The van der Waals surface area contributed by atoms with Crippen LogP contribution in [0.3, 0.4) is 0 Å². The predicted octanol–water partition coefficient (Wildman–Crippen LogP) is 3.45. The maximum absolute atomic E-state index is 3.59. The van der Waals surface area contributed by atoms with Gasteiger partial charge < -0.3 is 10.2 Å². The Bertz CT molecular complexity index is 431. The Balaban J connectivity index is 1.66. The summed E-state index contributed by atoms with van der Waals surface area (Å²) in [4.78, 5) is 2.63. The van der Waals surface area contributed by atoms with Crippen molar-refractivity contribution in [3.63, 3.8) is 0 Å². The molecule has 3 unspecified atom stereocenters. The van der Waals surface area contributed by atoms with E-state index in [-0.39, 0.29) is 0 Å². The third kappa shape index (κ3) is 2.95. The lowest BCUT2D eigenvalue weighted by Gasteiger charge is -2.40. The van der Waals surface area contributed by atoms with Crippen molar-refractivity contribution in [2.75, 3.05) is 14.1 Å². The van der Waals surface area contributed by atoms with Gasteiger partial charge in [-0.25, -0.2) is 0 Å². The molecular formula is C17H25BrN2. The standard InChI is InChI=1S/C17H25BrN2/c1-19-17(9-12-3-5-14(18)6-4-12)13-10-15-7-8-16(11-13)20(15)2/h3-6,13,15-17,19H,7-11H2,1-2H3. The summed E-state index contributed by atoms with van der Waals surface area (Å²) in [6.45, 7) is 0. The smallest absolute Gasteiger partial charge is 0.0175 e. The average molecular weight is 337 g/mol. The van der Waals surface area contributed by atoms with Crippen LogP contribution in [0, 0.1) is 5.92 Å². The number of nitrogens with zero attached hydrogens (tertiary/aromatic N) is 1. The summed E-state index contributed by atoms with van der Waals surface area (Å²) in [6.07, 6.45) is 6.71. The van der Waals surface area contributed by atoms with Crippen LogP contribution < -0.4 is 5.32 Å². The van der Waals surface area contributed by atoms with Crippen LogP contribution in [0.1, 0.15) is 31.2 Å². The third-order valence-corrected chi connectivity index (χ3v) is 5.97. The van der Waals surface area contributed by atoms with Crippen molar-refractivity contribution < 1.29 is 0 Å². The van der Waals surface area contributed by atoms with E-state index < -0.39 is 0 Å². The summed E-state index contributed by atoms with van der Waals surface area (Å²) >= 11 is 3.51. The van der Waals surface area contributed by atoms with Gasteiger partial charge in [-0.15, -0.1) is 0 Å². The summed E-state index contributed by atoms with van der Waals surface area (Å²) in [5.41, 5.74) is 1.44. The molecule has 110 valence electrons. The molecule has 2 aliphatic rings. The lowest BCUT2D eigenvalue weighted by Crippen LogP contribution is -2.47. The number of hydrogen-bond acceptors (Lipinski definition) is 2. The van der Waals surface area contributed by atoms with Crippen molar-refractivity contribution in [3.8, 4) is 0 Å². The molecule has 0 aliphatic carbocycles. The Morgan fingerprint density at radius 1 is 1.20 bits per heavy atom. The van der Waals surface area contributed by atoms with Crippen molar-refractivity contribution in [2.45, 2.75) is 50.2 Å². The highest BCUT2D eigenvalue weighted by molar-refractivity contribution is 9.10. The molecule has 1 N–H and O–H groups in total. The van der Waals surface area contributed by atoms with Crippen LogP contribution in [0.4, 0.5) is 0 Å². The molecule has 2 nitrogen and oxygen atoms in total. The average Bonchev–Trinajstić information content (AvgIpc) is 2.67. The van der Waals surface area contributed by atoms with Crippen LogP contribution in [-0.4, -0.2) is 37.1 Å². The number of piperidine rings is 1. The van der Waals surface area contributed by atoms with Gasteiger partial charge >= 0.3 is 0 Å². The number of halogens is 1. The molecule has 20 heavy (non-hydrogen) atoms. The van der Waals surface area contributed by atoms with Crippen molar-refractivity contribution in [2.24, 2.45) is 5.92 Å². The van der Waals surface area contributed by atoms with Gasteiger partial charge in [-0.2, -0.15) is 0 Å². The van der Waals surface area contributed by atoms with Crippen LogP contribution in [0.2, 0.25) is 0 Å². The van der Waals surface area contributed by atoms with Crippen LogP contribution in [-0.2, 0) is 6.42 Å². The molecule has 1 aromatic carbocycles. The Hall–Kier alpha value is -0.380. The molecular weight excluding hydrogens is 312 g/mol. The fourth-order valence-corrected chi connectivity index (χ4v) is 4.43. The lowest BCUT2D eigenvalue weighted by molar-refractivity contribution is 0.114. The quantitative estimate of drug-likeness (QED) is 0.905. The van der Waals surface area contributed by atoms with Crippen molar-refractivity contribution >= 4 is 15.9 Å². The summed E-state index contributed by atoms with van der Waals surface area (Å²) < 4.78 is 1.17. The highest BCUT2D eigenvalue weighted by Gasteiger charge is 2.40. The molecule has 2 bridgehead atoms. The first-order valence-corrected chi connectivity index (χ1v) is 8.60. The predicted molar refractivity (Wildman–Crippen MR) is 88.0 cm³/mol. The van der Waals surface area contributed by atoms with Gasteiger partial charge in [-0.05, 0) is 69.8 Å². The first-order chi connectivity index (χ1) is 9.67. The van der Waals surface area contributed by atoms with Crippen molar-refractivity contribution in [3.05, 3.63) is 34.3 Å². The zero-order valence-electron chi connectivity index (χ0n) is 12.5. The topological polar surface area (TPSA) is 15.3 Å². The molecule has 0 amide bonds. The molecule has 3 heteroatoms. The minimum absolute atomic E-state index is 0.618. The van der Waals surface area contributed by atoms with E-state index in [4.69, 9.17) is 0 Å². The summed E-state index contributed by atoms with van der Waals surface area (Å²) in [5, 5.41) is 3.59. The van der Waals surface area contributed by atoms with Gasteiger partial charge in [-0.3, -0.25) is 0 Å². The number of hydrogen-bond donors (Lipinski definition) is 1. The Morgan fingerprint density at radius 2 is 1.80 bits per heavy atom. The van der Waals surface area contributed by atoms with E-state index in [1.54, 1.807) is 0 Å². The highest BCUT2D eigenvalue weighted by atomic mass is 79.9. The maximum Gasteiger partial charge on any atom is 0.0175 e. The van der Waals surface area contributed by atoms with E-state index in [2.05, 4.69) is 64.5 Å². The van der Waals surface area contributed by atoms with E-state index >= 15 is 0 Å². The fourth-order valence-electron chi connectivity index (χ4n) is 4.16. The highest BCUT2D eigenvalue weighted by Crippen LogP contribution is 2.39. The fraction of sp³-hybridized carbons (Fsp3) is 0.647. The first-order valence-electron chi connectivity index (χ1n) is 7.81. The van der Waals surface area contributed by atoms with E-state index in [1.165, 1.54) is 35.7 Å². The SMILES string of the molecule is CNC(Cc1ccc(Br)cc1)C1CC2CCC(C1)N2C. The van der Waals surface area contributed by atoms with Crippen LogP contribution in [0.25, 0.3) is 0 Å². The van der Waals surface area contributed by atoms with Gasteiger partial charge in [0.05, 0.1) is 0 Å². The van der Waals surface area contributed by atoms with Gasteiger partial charge in [0.15, 0.2) is 0 Å². The number of benzene rings is 1. The van der Waals surface area contributed by atoms with Crippen LogP contribution >= 0.6 is 15.9 Å². The number of nitrogens with one attached hydrogen (secondary N) is 1. The molecule has 0 aromatic heterocycles. The second-order valence-electron chi connectivity index (χ2n) is 6.51. The zero-order valence-corrected chi connectivity index (χ0v) is 14.1. The molecule has 2 saturated heterocycles. The minimum Gasteiger partial charge on any atom is -0.316 e. The molecule has 2 aliphatic heterocycles. The van der Waals surface area contributed by atoms with E-state index in [0.717, 1.165) is 24.4 Å². The first kappa shape index (κ1) is 14.6. The lowest BCUT2D eigenvalue weighted by atomic mass is 9.82. The van der Waals surface area contributed by atoms with Gasteiger partial charge in [0.2, 0.25) is 0 Å². The molecule has 0 spiro atoms. The van der Waals surface area contributed by atoms with Gasteiger partial charge in [0, 0.05) is 22.6 Å².